The summed E-state index contributed by atoms with van der Waals surface area (Å²) < 4.78 is 1.91. The molecule has 0 aliphatic heterocycles. The van der Waals surface area contributed by atoms with Crippen LogP contribution in [0.4, 0.5) is 5.69 Å². The van der Waals surface area contributed by atoms with Crippen molar-refractivity contribution in [1.82, 2.24) is 19.6 Å². The van der Waals surface area contributed by atoms with E-state index < -0.39 is 0 Å². The van der Waals surface area contributed by atoms with Crippen molar-refractivity contribution in [3.63, 3.8) is 0 Å². The van der Waals surface area contributed by atoms with Crippen LogP contribution in [0.15, 0.2) is 46.6 Å². The lowest BCUT2D eigenvalue weighted by Gasteiger charge is -2.04. The first-order chi connectivity index (χ1) is 8.75. The largest absolute Gasteiger partial charge is 0.398 e. The van der Waals surface area contributed by atoms with Crippen LogP contribution < -0.4 is 5.73 Å². The van der Waals surface area contributed by atoms with Crippen LogP contribution in [0.25, 0.3) is 5.65 Å². The van der Waals surface area contributed by atoms with Gasteiger partial charge in [0.15, 0.2) is 5.65 Å². The van der Waals surface area contributed by atoms with Gasteiger partial charge in [-0.3, -0.25) is 4.40 Å². The Morgan fingerprint density at radius 2 is 2.06 bits per heavy atom. The minimum Gasteiger partial charge on any atom is -0.398 e. The molecule has 0 aliphatic rings. The van der Waals surface area contributed by atoms with E-state index in [9.17, 15) is 0 Å². The molecule has 18 heavy (non-hydrogen) atoms. The first-order valence-electron chi connectivity index (χ1n) is 5.44. The van der Waals surface area contributed by atoms with Crippen molar-refractivity contribution in [3.05, 3.63) is 42.5 Å². The molecule has 2 aromatic heterocycles. The molecule has 3 aromatic rings. The van der Waals surface area contributed by atoms with Crippen LogP contribution in [-0.2, 0) is 0 Å². The van der Waals surface area contributed by atoms with E-state index in [4.69, 9.17) is 5.73 Å². The lowest BCUT2D eigenvalue weighted by Crippen LogP contribution is -1.93. The number of benzene rings is 1. The topological polar surface area (TPSA) is 69.1 Å². The van der Waals surface area contributed by atoms with Crippen LogP contribution in [-0.4, -0.2) is 19.6 Å². The zero-order chi connectivity index (χ0) is 12.5. The second-order valence-electron chi connectivity index (χ2n) is 3.81. The number of fused-ring (bicyclic) bond motifs is 1. The summed E-state index contributed by atoms with van der Waals surface area (Å²) >= 11 is 1.50. The van der Waals surface area contributed by atoms with Crippen molar-refractivity contribution >= 4 is 23.1 Å². The second-order valence-corrected chi connectivity index (χ2v) is 4.84. The highest BCUT2D eigenvalue weighted by Crippen LogP contribution is 2.32. The third kappa shape index (κ3) is 1.80. The molecule has 1 aromatic carbocycles. The van der Waals surface area contributed by atoms with Gasteiger partial charge < -0.3 is 5.73 Å². The Kier molecular flexibility index (Phi) is 2.64. The van der Waals surface area contributed by atoms with Crippen molar-refractivity contribution < 1.29 is 0 Å². The van der Waals surface area contributed by atoms with E-state index in [0.29, 0.717) is 0 Å². The summed E-state index contributed by atoms with van der Waals surface area (Å²) in [7, 11) is 0. The minimum absolute atomic E-state index is 0.738. The highest BCUT2D eigenvalue weighted by atomic mass is 32.2. The van der Waals surface area contributed by atoms with E-state index in [-0.39, 0.29) is 0 Å². The van der Waals surface area contributed by atoms with Crippen molar-refractivity contribution in [3.8, 4) is 0 Å². The number of nitrogen functional groups attached to an aromatic ring is 1. The molecule has 5 nitrogen and oxygen atoms in total. The van der Waals surface area contributed by atoms with E-state index in [1.165, 1.54) is 11.8 Å². The third-order valence-electron chi connectivity index (χ3n) is 2.59. The molecule has 0 saturated carbocycles. The van der Waals surface area contributed by atoms with E-state index in [1.54, 1.807) is 6.20 Å². The first-order valence-corrected chi connectivity index (χ1v) is 6.26. The van der Waals surface area contributed by atoms with Gasteiger partial charge in [-0.1, -0.05) is 23.9 Å². The van der Waals surface area contributed by atoms with Crippen LogP contribution >= 0.6 is 11.8 Å². The number of nitrogens with zero attached hydrogens (tertiary/aromatic N) is 4. The molecule has 2 N–H and O–H groups in total. The average molecular weight is 257 g/mol. The van der Waals surface area contributed by atoms with Gasteiger partial charge in [-0.05, 0) is 19.1 Å². The highest BCUT2D eigenvalue weighted by molar-refractivity contribution is 7.99. The van der Waals surface area contributed by atoms with E-state index in [1.807, 2.05) is 41.8 Å². The summed E-state index contributed by atoms with van der Waals surface area (Å²) in [5.74, 6) is 0.843. The van der Waals surface area contributed by atoms with Gasteiger partial charge in [-0.2, -0.15) is 0 Å². The quantitative estimate of drug-likeness (QED) is 0.712. The molecule has 0 unspecified atom stereocenters. The molecule has 0 fully saturated rings. The molecule has 6 heteroatoms. The standard InChI is InChI=1S/C12H11N5S/c1-8-15-16-11-12(14-6-7-17(8)11)18-10-5-3-2-4-9(10)13/h2-7H,13H2,1H3. The number of nitrogens with two attached hydrogens (primary N) is 1. The average Bonchev–Trinajstić information content (AvgIpc) is 2.76. The summed E-state index contributed by atoms with van der Waals surface area (Å²) in [5, 5.41) is 8.98. The fourth-order valence-corrected chi connectivity index (χ4v) is 2.55. The van der Waals surface area contributed by atoms with Gasteiger partial charge in [0.25, 0.3) is 0 Å². The number of anilines is 1. The number of hydrogen-bond donors (Lipinski definition) is 1. The van der Waals surface area contributed by atoms with Gasteiger partial charge in [0.05, 0.1) is 0 Å². The smallest absolute Gasteiger partial charge is 0.193 e. The molecule has 0 aliphatic carbocycles. The van der Waals surface area contributed by atoms with Gasteiger partial charge in [-0.25, -0.2) is 4.98 Å². The Balaban J connectivity index is 2.08. The number of para-hydroxylation sites is 1. The lowest BCUT2D eigenvalue weighted by molar-refractivity contribution is 0.988. The maximum Gasteiger partial charge on any atom is 0.193 e. The van der Waals surface area contributed by atoms with Gasteiger partial charge in [-0.15, -0.1) is 10.2 Å². The Labute approximate surface area is 108 Å². The SMILES string of the molecule is Cc1nnc2c(Sc3ccccc3N)nccn12. The Morgan fingerprint density at radius 3 is 2.89 bits per heavy atom. The normalized spacial score (nSPS) is 10.9. The Hall–Kier alpha value is -2.08. The van der Waals surface area contributed by atoms with Gasteiger partial charge in [0.2, 0.25) is 0 Å². The minimum atomic E-state index is 0.738. The molecule has 0 bridgehead atoms. The molecule has 90 valence electrons. The first kappa shape index (κ1) is 11.0. The predicted octanol–water partition coefficient (Wildman–Crippen LogP) is 2.17. The van der Waals surface area contributed by atoms with Gasteiger partial charge in [0, 0.05) is 23.0 Å². The van der Waals surface area contributed by atoms with Crippen LogP contribution in [0, 0.1) is 6.92 Å². The van der Waals surface area contributed by atoms with Crippen LogP contribution in [0.5, 0.6) is 0 Å². The summed E-state index contributed by atoms with van der Waals surface area (Å²) in [6, 6.07) is 7.70. The highest BCUT2D eigenvalue weighted by Gasteiger charge is 2.10. The lowest BCUT2D eigenvalue weighted by atomic mass is 10.3. The molecule has 2 heterocycles. The molecular formula is C12H11N5S. The van der Waals surface area contributed by atoms with Crippen molar-refractivity contribution in [2.75, 3.05) is 5.73 Å². The second kappa shape index (κ2) is 4.30. The zero-order valence-corrected chi connectivity index (χ0v) is 10.6. The molecule has 0 amide bonds. The van der Waals surface area contributed by atoms with Crippen molar-refractivity contribution in [2.45, 2.75) is 16.8 Å². The number of aryl methyl sites for hydroxylation is 1. The zero-order valence-electron chi connectivity index (χ0n) is 9.74. The van der Waals surface area contributed by atoms with Crippen molar-refractivity contribution in [2.24, 2.45) is 0 Å². The molecule has 0 radical (unpaired) electrons. The predicted molar refractivity (Wildman–Crippen MR) is 70.5 cm³/mol. The van der Waals surface area contributed by atoms with E-state index in [0.717, 1.165) is 27.1 Å². The van der Waals surface area contributed by atoms with Crippen LogP contribution in [0.3, 0.4) is 0 Å². The fourth-order valence-electron chi connectivity index (χ4n) is 1.67. The van der Waals surface area contributed by atoms with Crippen LogP contribution in [0.2, 0.25) is 0 Å². The van der Waals surface area contributed by atoms with Crippen molar-refractivity contribution in [1.29, 1.82) is 0 Å². The summed E-state index contributed by atoms with van der Waals surface area (Å²) in [4.78, 5) is 5.31. The number of hydrogen-bond acceptors (Lipinski definition) is 5. The van der Waals surface area contributed by atoms with E-state index >= 15 is 0 Å². The van der Waals surface area contributed by atoms with E-state index in [2.05, 4.69) is 15.2 Å². The number of aromatic nitrogens is 4. The summed E-state index contributed by atoms with van der Waals surface area (Å²) in [6.07, 6.45) is 3.59. The van der Waals surface area contributed by atoms with Gasteiger partial charge in [0.1, 0.15) is 10.9 Å². The van der Waals surface area contributed by atoms with Gasteiger partial charge >= 0.3 is 0 Å². The van der Waals surface area contributed by atoms with Crippen LogP contribution in [0.1, 0.15) is 5.82 Å². The third-order valence-corrected chi connectivity index (χ3v) is 3.66. The summed E-state index contributed by atoms with van der Waals surface area (Å²) in [5.41, 5.74) is 7.42. The molecule has 0 spiro atoms. The fraction of sp³-hybridized carbons (Fsp3) is 0.0833. The molecule has 3 rings (SSSR count). The summed E-state index contributed by atoms with van der Waals surface area (Å²) in [6.45, 7) is 1.91. The molecule has 0 atom stereocenters. The molecular weight excluding hydrogens is 246 g/mol. The maximum atomic E-state index is 5.93. The molecule has 0 saturated heterocycles. The Morgan fingerprint density at radius 1 is 1.22 bits per heavy atom. The number of rotatable bonds is 2. The monoisotopic (exact) mass is 257 g/mol. The Bertz CT molecular complexity index is 707. The maximum absolute atomic E-state index is 5.93.